The quantitative estimate of drug-likeness (QED) is 0.514. The van der Waals surface area contributed by atoms with Crippen molar-refractivity contribution in [3.63, 3.8) is 0 Å². The van der Waals surface area contributed by atoms with Crippen molar-refractivity contribution in [2.75, 3.05) is 6.54 Å². The number of rotatable bonds is 5. The molecule has 0 aromatic rings. The van der Waals surface area contributed by atoms with Crippen LogP contribution in [0.4, 0.5) is 0 Å². The Morgan fingerprint density at radius 1 is 1.57 bits per heavy atom. The largest absolute Gasteiger partial charge is 0.393 e. The first-order chi connectivity index (χ1) is 6.70. The number of allylic oxidation sites excluding steroid dienone is 2. The van der Waals surface area contributed by atoms with E-state index in [9.17, 15) is 4.79 Å². The summed E-state index contributed by atoms with van der Waals surface area (Å²) in [7, 11) is 0. The SMILES string of the molecule is CC(O)CCCNC(=O)C1CC=CC1. The molecule has 0 bridgehead atoms. The number of hydrogen-bond acceptors (Lipinski definition) is 2. The second-order valence-electron chi connectivity index (χ2n) is 3.92. The second kappa shape index (κ2) is 5.81. The minimum atomic E-state index is -0.264. The summed E-state index contributed by atoms with van der Waals surface area (Å²) in [6, 6.07) is 0. The zero-order chi connectivity index (χ0) is 10.4. The number of aliphatic hydroxyl groups is 1. The number of carbonyl (C=O) groups is 1. The van der Waals surface area contributed by atoms with E-state index in [4.69, 9.17) is 5.11 Å². The van der Waals surface area contributed by atoms with Gasteiger partial charge in [0.25, 0.3) is 0 Å². The summed E-state index contributed by atoms with van der Waals surface area (Å²) < 4.78 is 0. The predicted molar refractivity (Wildman–Crippen MR) is 55.8 cm³/mol. The van der Waals surface area contributed by atoms with Gasteiger partial charge >= 0.3 is 0 Å². The lowest BCUT2D eigenvalue weighted by molar-refractivity contribution is -0.124. The first-order valence-electron chi connectivity index (χ1n) is 5.31. The first kappa shape index (κ1) is 11.2. The van der Waals surface area contributed by atoms with E-state index in [2.05, 4.69) is 17.5 Å². The lowest BCUT2D eigenvalue weighted by atomic mass is 10.1. The summed E-state index contributed by atoms with van der Waals surface area (Å²) in [6.45, 7) is 2.45. The van der Waals surface area contributed by atoms with Crippen LogP contribution in [0.2, 0.25) is 0 Å². The van der Waals surface area contributed by atoms with Crippen LogP contribution >= 0.6 is 0 Å². The molecule has 0 heterocycles. The zero-order valence-corrected chi connectivity index (χ0v) is 8.70. The third kappa shape index (κ3) is 3.92. The molecule has 0 spiro atoms. The summed E-state index contributed by atoms with van der Waals surface area (Å²) in [5.41, 5.74) is 0. The van der Waals surface area contributed by atoms with Gasteiger partial charge in [-0.1, -0.05) is 12.2 Å². The summed E-state index contributed by atoms with van der Waals surface area (Å²) in [5.74, 6) is 0.308. The lowest BCUT2D eigenvalue weighted by Gasteiger charge is -2.10. The van der Waals surface area contributed by atoms with Gasteiger partial charge in [-0.15, -0.1) is 0 Å². The van der Waals surface area contributed by atoms with Crippen molar-refractivity contribution in [2.24, 2.45) is 5.92 Å². The van der Waals surface area contributed by atoms with E-state index >= 15 is 0 Å². The van der Waals surface area contributed by atoms with E-state index in [-0.39, 0.29) is 17.9 Å². The van der Waals surface area contributed by atoms with Gasteiger partial charge in [-0.2, -0.15) is 0 Å². The molecule has 0 aromatic carbocycles. The Hall–Kier alpha value is -0.830. The molecule has 1 aliphatic carbocycles. The standard InChI is InChI=1S/C11H19NO2/c1-9(13)5-4-8-12-11(14)10-6-2-3-7-10/h2-3,9-10,13H,4-8H2,1H3,(H,12,14). The fraction of sp³-hybridized carbons (Fsp3) is 0.727. The van der Waals surface area contributed by atoms with Crippen LogP contribution < -0.4 is 5.32 Å². The average Bonchev–Trinajstić information content (AvgIpc) is 2.64. The average molecular weight is 197 g/mol. The van der Waals surface area contributed by atoms with Gasteiger partial charge in [-0.25, -0.2) is 0 Å². The number of hydrogen-bond donors (Lipinski definition) is 2. The maximum absolute atomic E-state index is 11.5. The molecule has 3 heteroatoms. The number of nitrogens with one attached hydrogen (secondary N) is 1. The van der Waals surface area contributed by atoms with E-state index in [1.165, 1.54) is 0 Å². The third-order valence-electron chi connectivity index (χ3n) is 2.48. The highest BCUT2D eigenvalue weighted by Crippen LogP contribution is 2.17. The van der Waals surface area contributed by atoms with Crippen LogP contribution in [-0.4, -0.2) is 23.7 Å². The van der Waals surface area contributed by atoms with Gasteiger partial charge in [0, 0.05) is 12.5 Å². The van der Waals surface area contributed by atoms with Gasteiger partial charge in [0.2, 0.25) is 5.91 Å². The fourth-order valence-corrected chi connectivity index (χ4v) is 1.58. The highest BCUT2D eigenvalue weighted by molar-refractivity contribution is 5.79. The van der Waals surface area contributed by atoms with Crippen molar-refractivity contribution in [1.29, 1.82) is 0 Å². The molecular weight excluding hydrogens is 178 g/mol. The monoisotopic (exact) mass is 197 g/mol. The summed E-state index contributed by atoms with van der Waals surface area (Å²) in [5, 5.41) is 11.9. The summed E-state index contributed by atoms with van der Waals surface area (Å²) >= 11 is 0. The Morgan fingerprint density at radius 2 is 2.21 bits per heavy atom. The molecule has 1 rings (SSSR count). The van der Waals surface area contributed by atoms with Crippen LogP contribution in [0.5, 0.6) is 0 Å². The van der Waals surface area contributed by atoms with Crippen molar-refractivity contribution < 1.29 is 9.90 Å². The molecule has 0 saturated heterocycles. The fourth-order valence-electron chi connectivity index (χ4n) is 1.58. The van der Waals surface area contributed by atoms with Crippen LogP contribution in [0.1, 0.15) is 32.6 Å². The molecule has 3 nitrogen and oxygen atoms in total. The minimum Gasteiger partial charge on any atom is -0.393 e. The topological polar surface area (TPSA) is 49.3 Å². The molecule has 1 amide bonds. The Bertz CT molecular complexity index is 203. The summed E-state index contributed by atoms with van der Waals surface area (Å²) in [6.07, 6.45) is 7.21. The van der Waals surface area contributed by atoms with Crippen LogP contribution in [0, 0.1) is 5.92 Å². The molecule has 1 unspecified atom stereocenters. The second-order valence-corrected chi connectivity index (χ2v) is 3.92. The molecule has 0 fully saturated rings. The van der Waals surface area contributed by atoms with Crippen molar-refractivity contribution in [2.45, 2.75) is 38.7 Å². The summed E-state index contributed by atoms with van der Waals surface area (Å²) in [4.78, 5) is 11.5. The molecule has 1 aliphatic rings. The molecule has 2 N–H and O–H groups in total. The predicted octanol–water partition coefficient (Wildman–Crippen LogP) is 1.23. The Balaban J connectivity index is 2.03. The van der Waals surface area contributed by atoms with Crippen molar-refractivity contribution in [1.82, 2.24) is 5.32 Å². The highest BCUT2D eigenvalue weighted by Gasteiger charge is 2.18. The zero-order valence-electron chi connectivity index (χ0n) is 8.70. The van der Waals surface area contributed by atoms with Crippen LogP contribution in [0.15, 0.2) is 12.2 Å². The maximum atomic E-state index is 11.5. The van der Waals surface area contributed by atoms with E-state index < -0.39 is 0 Å². The third-order valence-corrected chi connectivity index (χ3v) is 2.48. The number of aliphatic hydroxyl groups excluding tert-OH is 1. The van der Waals surface area contributed by atoms with Gasteiger partial charge < -0.3 is 10.4 Å². The molecule has 0 saturated carbocycles. The molecule has 0 radical (unpaired) electrons. The van der Waals surface area contributed by atoms with Gasteiger partial charge in [-0.05, 0) is 32.6 Å². The van der Waals surface area contributed by atoms with Gasteiger partial charge in [-0.3, -0.25) is 4.79 Å². The molecule has 1 atom stereocenters. The van der Waals surface area contributed by atoms with Gasteiger partial charge in [0.1, 0.15) is 0 Å². The van der Waals surface area contributed by atoms with Gasteiger partial charge in [0.05, 0.1) is 6.10 Å². The number of carbonyl (C=O) groups excluding carboxylic acids is 1. The molecular formula is C11H19NO2. The van der Waals surface area contributed by atoms with E-state index in [0.717, 1.165) is 25.7 Å². The van der Waals surface area contributed by atoms with E-state index in [1.54, 1.807) is 6.92 Å². The minimum absolute atomic E-state index is 0.153. The molecule has 0 aromatic heterocycles. The maximum Gasteiger partial charge on any atom is 0.223 e. The van der Waals surface area contributed by atoms with Crippen molar-refractivity contribution in [3.05, 3.63) is 12.2 Å². The van der Waals surface area contributed by atoms with Crippen LogP contribution in [-0.2, 0) is 4.79 Å². The lowest BCUT2D eigenvalue weighted by Crippen LogP contribution is -2.30. The Labute approximate surface area is 85.2 Å². The van der Waals surface area contributed by atoms with E-state index in [1.807, 2.05) is 0 Å². The smallest absolute Gasteiger partial charge is 0.223 e. The first-order valence-corrected chi connectivity index (χ1v) is 5.31. The molecule has 80 valence electrons. The van der Waals surface area contributed by atoms with Gasteiger partial charge in [0.15, 0.2) is 0 Å². The van der Waals surface area contributed by atoms with Crippen LogP contribution in [0.3, 0.4) is 0 Å². The Morgan fingerprint density at radius 3 is 2.79 bits per heavy atom. The highest BCUT2D eigenvalue weighted by atomic mass is 16.3. The van der Waals surface area contributed by atoms with Crippen LogP contribution in [0.25, 0.3) is 0 Å². The van der Waals surface area contributed by atoms with Crippen molar-refractivity contribution >= 4 is 5.91 Å². The number of amides is 1. The molecule has 0 aliphatic heterocycles. The normalized spacial score (nSPS) is 18.4. The Kier molecular flexibility index (Phi) is 4.66. The molecule has 14 heavy (non-hydrogen) atoms. The van der Waals surface area contributed by atoms with Crippen molar-refractivity contribution in [3.8, 4) is 0 Å². The van der Waals surface area contributed by atoms with E-state index in [0.29, 0.717) is 6.54 Å².